The van der Waals surface area contributed by atoms with Crippen molar-refractivity contribution in [3.05, 3.63) is 75.3 Å². The van der Waals surface area contributed by atoms with Crippen molar-refractivity contribution in [2.75, 3.05) is 0 Å². The minimum Gasteiger partial charge on any atom is -0.346 e. The Kier molecular flexibility index (Phi) is 5.62. The Bertz CT molecular complexity index is 732. The summed E-state index contributed by atoms with van der Waals surface area (Å²) < 4.78 is 0. The van der Waals surface area contributed by atoms with E-state index in [1.165, 1.54) is 16.7 Å². The number of carbonyl (C=O) groups excluding carboxylic acids is 1. The maximum absolute atomic E-state index is 12.1. The second-order valence-electron chi connectivity index (χ2n) is 5.91. The second kappa shape index (κ2) is 7.47. The topological polar surface area (TPSA) is 29.1 Å². The Balaban J connectivity index is 2.05. The number of hydrogen-bond acceptors (Lipinski definition) is 1. The van der Waals surface area contributed by atoms with Gasteiger partial charge in [0, 0.05) is 11.1 Å². The van der Waals surface area contributed by atoms with E-state index in [0.29, 0.717) is 5.02 Å². The van der Waals surface area contributed by atoms with E-state index in [1.54, 1.807) is 24.3 Å². The molecule has 2 nitrogen and oxygen atoms in total. The molecule has 0 fully saturated rings. The van der Waals surface area contributed by atoms with Gasteiger partial charge in [0.1, 0.15) is 0 Å². The lowest BCUT2D eigenvalue weighted by molar-refractivity contribution is -0.117. The minimum absolute atomic E-state index is 0.0309. The molecular weight excluding hydrogens is 306 g/mol. The molecule has 0 spiro atoms. The highest BCUT2D eigenvalue weighted by molar-refractivity contribution is 6.30. The zero-order chi connectivity index (χ0) is 17.0. The molecule has 2 aromatic carbocycles. The summed E-state index contributed by atoms with van der Waals surface area (Å²) in [5.74, 6) is -0.106. The van der Waals surface area contributed by atoms with Crippen molar-refractivity contribution >= 4 is 23.6 Å². The van der Waals surface area contributed by atoms with Crippen LogP contribution >= 0.6 is 11.6 Å². The predicted molar refractivity (Wildman–Crippen MR) is 97.7 cm³/mol. The summed E-state index contributed by atoms with van der Waals surface area (Å²) in [7, 11) is 0. The Morgan fingerprint density at radius 2 is 1.65 bits per heavy atom. The lowest BCUT2D eigenvalue weighted by Crippen LogP contribution is -2.25. The molecule has 1 unspecified atom stereocenters. The first-order valence-corrected chi connectivity index (χ1v) is 8.06. The third kappa shape index (κ3) is 4.70. The van der Waals surface area contributed by atoms with E-state index >= 15 is 0 Å². The molecule has 0 heterocycles. The monoisotopic (exact) mass is 327 g/mol. The van der Waals surface area contributed by atoms with Crippen molar-refractivity contribution in [2.24, 2.45) is 0 Å². The van der Waals surface area contributed by atoms with Gasteiger partial charge in [0.15, 0.2) is 0 Å². The van der Waals surface area contributed by atoms with Crippen LogP contribution in [0.25, 0.3) is 6.08 Å². The van der Waals surface area contributed by atoms with E-state index < -0.39 is 0 Å². The molecule has 0 aliphatic rings. The Morgan fingerprint density at radius 3 is 2.30 bits per heavy atom. The van der Waals surface area contributed by atoms with Gasteiger partial charge in [0.05, 0.1) is 6.04 Å². The number of nitrogens with one attached hydrogen (secondary N) is 1. The standard InChI is InChI=1S/C20H22ClNO/c1-13-11-15(3)19(12-14(13)2)16(4)22-20(23)10-7-17-5-8-18(21)9-6-17/h5-12,16H,1-4H3,(H,22,23)/b10-7+. The van der Waals surface area contributed by atoms with Crippen LogP contribution in [-0.2, 0) is 4.79 Å². The Morgan fingerprint density at radius 1 is 1.04 bits per heavy atom. The lowest BCUT2D eigenvalue weighted by Gasteiger charge is -2.17. The van der Waals surface area contributed by atoms with Crippen LogP contribution in [0.15, 0.2) is 42.5 Å². The molecule has 0 saturated heterocycles. The average Bonchev–Trinajstić information content (AvgIpc) is 2.50. The molecule has 1 atom stereocenters. The molecular formula is C20H22ClNO. The first-order valence-electron chi connectivity index (χ1n) is 7.68. The van der Waals surface area contributed by atoms with Gasteiger partial charge in [-0.15, -0.1) is 0 Å². The maximum atomic E-state index is 12.1. The van der Waals surface area contributed by atoms with Crippen LogP contribution in [0.5, 0.6) is 0 Å². The van der Waals surface area contributed by atoms with Crippen LogP contribution in [0.3, 0.4) is 0 Å². The number of aryl methyl sites for hydroxylation is 3. The van der Waals surface area contributed by atoms with Crippen molar-refractivity contribution < 1.29 is 4.79 Å². The molecule has 0 saturated carbocycles. The van der Waals surface area contributed by atoms with E-state index in [1.807, 2.05) is 19.1 Å². The fourth-order valence-electron chi connectivity index (χ4n) is 2.53. The molecule has 0 aliphatic carbocycles. The number of carbonyl (C=O) groups is 1. The van der Waals surface area contributed by atoms with E-state index in [-0.39, 0.29) is 11.9 Å². The number of benzene rings is 2. The van der Waals surface area contributed by atoms with Gasteiger partial charge in [-0.25, -0.2) is 0 Å². The highest BCUT2D eigenvalue weighted by Gasteiger charge is 2.11. The summed E-state index contributed by atoms with van der Waals surface area (Å²) in [5.41, 5.74) is 5.80. The summed E-state index contributed by atoms with van der Waals surface area (Å²) in [6.07, 6.45) is 3.34. The molecule has 2 rings (SSSR count). The van der Waals surface area contributed by atoms with Gasteiger partial charge in [0.25, 0.3) is 0 Å². The molecule has 2 aromatic rings. The predicted octanol–water partition coefficient (Wildman–Crippen LogP) is 5.16. The zero-order valence-electron chi connectivity index (χ0n) is 14.0. The maximum Gasteiger partial charge on any atom is 0.244 e. The van der Waals surface area contributed by atoms with E-state index in [4.69, 9.17) is 11.6 Å². The number of hydrogen-bond donors (Lipinski definition) is 1. The van der Waals surface area contributed by atoms with Crippen molar-refractivity contribution in [1.82, 2.24) is 5.32 Å². The van der Waals surface area contributed by atoms with Crippen molar-refractivity contribution in [2.45, 2.75) is 33.7 Å². The first-order chi connectivity index (χ1) is 10.9. The second-order valence-corrected chi connectivity index (χ2v) is 6.34. The van der Waals surface area contributed by atoms with Crippen molar-refractivity contribution in [3.63, 3.8) is 0 Å². The molecule has 3 heteroatoms. The molecule has 1 amide bonds. The molecule has 23 heavy (non-hydrogen) atoms. The summed E-state index contributed by atoms with van der Waals surface area (Å²) in [6, 6.07) is 11.7. The Labute approximate surface area is 143 Å². The molecule has 120 valence electrons. The summed E-state index contributed by atoms with van der Waals surface area (Å²) >= 11 is 5.85. The SMILES string of the molecule is Cc1cc(C)c(C(C)NC(=O)/C=C/c2ccc(Cl)cc2)cc1C. The molecule has 0 radical (unpaired) electrons. The van der Waals surface area contributed by atoms with Crippen LogP contribution in [0, 0.1) is 20.8 Å². The third-order valence-corrected chi connectivity index (χ3v) is 4.26. The van der Waals surface area contributed by atoms with Crippen molar-refractivity contribution in [3.8, 4) is 0 Å². The van der Waals surface area contributed by atoms with Crippen LogP contribution in [0.4, 0.5) is 0 Å². The highest BCUT2D eigenvalue weighted by atomic mass is 35.5. The summed E-state index contributed by atoms with van der Waals surface area (Å²) in [4.78, 5) is 12.1. The van der Waals surface area contributed by atoms with Gasteiger partial charge in [-0.05, 0) is 73.7 Å². The van der Waals surface area contributed by atoms with Crippen molar-refractivity contribution in [1.29, 1.82) is 0 Å². The van der Waals surface area contributed by atoms with Gasteiger partial charge in [-0.3, -0.25) is 4.79 Å². The van der Waals surface area contributed by atoms with Gasteiger partial charge in [0.2, 0.25) is 5.91 Å². The quantitative estimate of drug-likeness (QED) is 0.772. The van der Waals surface area contributed by atoms with Gasteiger partial charge in [-0.2, -0.15) is 0 Å². The smallest absolute Gasteiger partial charge is 0.244 e. The van der Waals surface area contributed by atoms with Crippen LogP contribution in [0.1, 0.15) is 40.8 Å². The van der Waals surface area contributed by atoms with Gasteiger partial charge < -0.3 is 5.32 Å². The number of halogens is 1. The fraction of sp³-hybridized carbons (Fsp3) is 0.250. The van der Waals surface area contributed by atoms with Gasteiger partial charge in [-0.1, -0.05) is 35.9 Å². The van der Waals surface area contributed by atoms with Gasteiger partial charge >= 0.3 is 0 Å². The zero-order valence-corrected chi connectivity index (χ0v) is 14.7. The Hall–Kier alpha value is -2.06. The minimum atomic E-state index is -0.106. The average molecular weight is 328 g/mol. The molecule has 0 aliphatic heterocycles. The summed E-state index contributed by atoms with van der Waals surface area (Å²) in [5, 5.41) is 3.70. The number of rotatable bonds is 4. The van der Waals surface area contributed by atoms with Crippen LogP contribution in [0.2, 0.25) is 5.02 Å². The van der Waals surface area contributed by atoms with E-state index in [0.717, 1.165) is 11.1 Å². The molecule has 1 N–H and O–H groups in total. The lowest BCUT2D eigenvalue weighted by atomic mass is 9.96. The van der Waals surface area contributed by atoms with Crippen LogP contribution in [-0.4, -0.2) is 5.91 Å². The first kappa shape index (κ1) is 17.3. The van der Waals surface area contributed by atoms with E-state index in [9.17, 15) is 4.79 Å². The largest absolute Gasteiger partial charge is 0.346 e. The number of amides is 1. The molecule has 0 aromatic heterocycles. The highest BCUT2D eigenvalue weighted by Crippen LogP contribution is 2.21. The molecule has 0 bridgehead atoms. The summed E-state index contributed by atoms with van der Waals surface area (Å²) in [6.45, 7) is 8.27. The normalized spacial score (nSPS) is 12.4. The fourth-order valence-corrected chi connectivity index (χ4v) is 2.66. The van der Waals surface area contributed by atoms with Crippen LogP contribution < -0.4 is 5.32 Å². The van der Waals surface area contributed by atoms with E-state index in [2.05, 4.69) is 38.2 Å². The third-order valence-electron chi connectivity index (χ3n) is 4.00.